The van der Waals surface area contributed by atoms with Crippen LogP contribution in [0.3, 0.4) is 0 Å². The van der Waals surface area contributed by atoms with E-state index >= 15 is 0 Å². The fourth-order valence-electron chi connectivity index (χ4n) is 3.86. The van der Waals surface area contributed by atoms with Crippen molar-refractivity contribution >= 4 is 23.1 Å². The van der Waals surface area contributed by atoms with Crippen LogP contribution in [0.25, 0.3) is 5.57 Å². The van der Waals surface area contributed by atoms with Crippen molar-refractivity contribution in [3.05, 3.63) is 63.6 Å². The van der Waals surface area contributed by atoms with Crippen molar-refractivity contribution < 1.29 is 9.18 Å². The number of nitrogens with one attached hydrogen (secondary N) is 1. The van der Waals surface area contributed by atoms with Crippen molar-refractivity contribution in [3.8, 4) is 0 Å². The Hall–Kier alpha value is -1.81. The highest BCUT2D eigenvalue weighted by atomic mass is 32.2. The lowest BCUT2D eigenvalue weighted by Crippen LogP contribution is -2.30. The van der Waals surface area contributed by atoms with Gasteiger partial charge in [-0.1, -0.05) is 12.6 Å². The zero-order valence-electron chi connectivity index (χ0n) is 13.7. The van der Waals surface area contributed by atoms with E-state index in [-0.39, 0.29) is 17.5 Å². The largest absolute Gasteiger partial charge is 0.361 e. The zero-order valence-corrected chi connectivity index (χ0v) is 14.6. The highest BCUT2D eigenvalue weighted by Gasteiger charge is 2.38. The average Bonchev–Trinajstić information content (AvgIpc) is 3.01. The molecule has 2 nitrogen and oxygen atoms in total. The number of halogens is 1. The third-order valence-corrected chi connectivity index (χ3v) is 6.20. The number of carbonyl (C=O) groups excluding carboxylic acids is 1. The van der Waals surface area contributed by atoms with Crippen LogP contribution in [0.1, 0.15) is 49.7 Å². The van der Waals surface area contributed by atoms with Crippen LogP contribution in [0.2, 0.25) is 0 Å². The van der Waals surface area contributed by atoms with Gasteiger partial charge in [-0.2, -0.15) is 0 Å². The maximum absolute atomic E-state index is 14.1. The molecule has 1 aromatic rings. The first-order valence-electron chi connectivity index (χ1n) is 8.40. The van der Waals surface area contributed by atoms with Gasteiger partial charge < -0.3 is 5.32 Å². The molecule has 2 heterocycles. The molecule has 0 bridgehead atoms. The number of carbonyl (C=O) groups is 1. The maximum Gasteiger partial charge on any atom is 0.161 e. The van der Waals surface area contributed by atoms with Crippen LogP contribution in [0, 0.1) is 5.82 Å². The van der Waals surface area contributed by atoms with Gasteiger partial charge in [0.15, 0.2) is 5.78 Å². The molecule has 0 saturated heterocycles. The van der Waals surface area contributed by atoms with Gasteiger partial charge in [0.05, 0.1) is 0 Å². The topological polar surface area (TPSA) is 29.1 Å². The van der Waals surface area contributed by atoms with Crippen LogP contribution in [0.5, 0.6) is 0 Å². The van der Waals surface area contributed by atoms with Gasteiger partial charge in [0.2, 0.25) is 0 Å². The molecule has 1 aromatic carbocycles. The smallest absolute Gasteiger partial charge is 0.161 e. The fraction of sp³-hybridized carbons (Fsp3) is 0.350. The maximum atomic E-state index is 14.1. The minimum atomic E-state index is -0.252. The molecule has 0 saturated carbocycles. The second-order valence-corrected chi connectivity index (χ2v) is 7.82. The molecule has 1 unspecified atom stereocenters. The predicted molar refractivity (Wildman–Crippen MR) is 97.0 cm³/mol. The predicted octanol–water partition coefficient (Wildman–Crippen LogP) is 4.90. The molecular weight excluding hydrogens is 321 g/mol. The van der Waals surface area contributed by atoms with Crippen molar-refractivity contribution in [1.29, 1.82) is 0 Å². The van der Waals surface area contributed by atoms with Gasteiger partial charge in [-0.3, -0.25) is 4.79 Å². The molecular formula is C20H20FNOS. The molecule has 0 aromatic heterocycles. The van der Waals surface area contributed by atoms with E-state index in [1.165, 1.54) is 16.7 Å². The van der Waals surface area contributed by atoms with Crippen molar-refractivity contribution in [1.82, 2.24) is 5.32 Å². The Labute approximate surface area is 145 Å². The number of ketones is 1. The molecule has 1 N–H and O–H groups in total. The molecule has 1 atom stereocenters. The second kappa shape index (κ2) is 5.92. The fourth-order valence-corrected chi connectivity index (χ4v) is 5.14. The summed E-state index contributed by atoms with van der Waals surface area (Å²) in [6.07, 6.45) is 3.45. The molecule has 4 rings (SSSR count). The first-order valence-corrected chi connectivity index (χ1v) is 9.39. The molecule has 24 heavy (non-hydrogen) atoms. The number of benzene rings is 1. The first kappa shape index (κ1) is 15.7. The molecule has 0 fully saturated rings. The number of hydrogen-bond donors (Lipinski definition) is 1. The number of Topliss-reactive ketones (excluding diaryl/α,β-unsaturated/α-hetero) is 1. The summed E-state index contributed by atoms with van der Waals surface area (Å²) in [5, 5.41) is 3.52. The van der Waals surface area contributed by atoms with Crippen molar-refractivity contribution in [3.63, 3.8) is 0 Å². The third kappa shape index (κ3) is 2.44. The summed E-state index contributed by atoms with van der Waals surface area (Å²) in [5.41, 5.74) is 5.48. The molecule has 1 aliphatic carbocycles. The van der Waals surface area contributed by atoms with Crippen LogP contribution < -0.4 is 5.32 Å². The van der Waals surface area contributed by atoms with Crippen molar-refractivity contribution in [2.45, 2.75) is 38.5 Å². The number of rotatable bonds is 2. The van der Waals surface area contributed by atoms with E-state index in [1.54, 1.807) is 0 Å². The van der Waals surface area contributed by atoms with Crippen LogP contribution in [0.15, 0.2) is 46.7 Å². The van der Waals surface area contributed by atoms with Crippen LogP contribution in [0.4, 0.5) is 4.39 Å². The van der Waals surface area contributed by atoms with Crippen LogP contribution in [-0.4, -0.2) is 11.5 Å². The van der Waals surface area contributed by atoms with E-state index in [4.69, 9.17) is 0 Å². The summed E-state index contributed by atoms with van der Waals surface area (Å²) in [4.78, 5) is 13.9. The molecule has 4 heteroatoms. The van der Waals surface area contributed by atoms with E-state index in [2.05, 4.69) is 11.9 Å². The van der Waals surface area contributed by atoms with E-state index < -0.39 is 0 Å². The van der Waals surface area contributed by atoms with Gasteiger partial charge in [-0.05, 0) is 49.5 Å². The standard InChI is InChI=1S/C20H20FNOS/c1-11(2)13-10-12(6-7-14(13)21)18-19-15(4-3-5-17(19)23)22-16-8-9-24-20(16)18/h6-7,10,18,22H,1,3-5,8-9H2,2H3. The van der Waals surface area contributed by atoms with Gasteiger partial charge in [-0.25, -0.2) is 4.39 Å². The lowest BCUT2D eigenvalue weighted by Gasteiger charge is -2.33. The number of allylic oxidation sites excluding steroid dienone is 5. The monoisotopic (exact) mass is 341 g/mol. The summed E-state index contributed by atoms with van der Waals surface area (Å²) in [6.45, 7) is 5.70. The molecule has 3 aliphatic rings. The van der Waals surface area contributed by atoms with Gasteiger partial charge >= 0.3 is 0 Å². The van der Waals surface area contributed by atoms with Gasteiger partial charge in [0.25, 0.3) is 0 Å². The summed E-state index contributed by atoms with van der Waals surface area (Å²) in [5.74, 6) is 0.971. The van der Waals surface area contributed by atoms with Crippen LogP contribution in [-0.2, 0) is 4.79 Å². The summed E-state index contributed by atoms with van der Waals surface area (Å²) < 4.78 is 14.1. The van der Waals surface area contributed by atoms with Crippen LogP contribution >= 0.6 is 11.8 Å². The molecule has 0 spiro atoms. The summed E-state index contributed by atoms with van der Waals surface area (Å²) in [6, 6.07) is 5.21. The quantitative estimate of drug-likeness (QED) is 0.829. The number of hydrogen-bond acceptors (Lipinski definition) is 3. The van der Waals surface area contributed by atoms with Crippen molar-refractivity contribution in [2.75, 3.05) is 5.75 Å². The minimum absolute atomic E-state index is 0.0461. The van der Waals surface area contributed by atoms with Gasteiger partial charge in [-0.15, -0.1) is 11.8 Å². The van der Waals surface area contributed by atoms with Crippen molar-refractivity contribution in [2.24, 2.45) is 0 Å². The number of dihydropyridines is 1. The highest BCUT2D eigenvalue weighted by Crippen LogP contribution is 2.50. The minimum Gasteiger partial charge on any atom is -0.361 e. The van der Waals surface area contributed by atoms with E-state index in [1.807, 2.05) is 30.8 Å². The third-order valence-electron chi connectivity index (χ3n) is 5.00. The normalized spacial score (nSPS) is 23.1. The summed E-state index contributed by atoms with van der Waals surface area (Å²) in [7, 11) is 0. The lowest BCUT2D eigenvalue weighted by atomic mass is 9.78. The Morgan fingerprint density at radius 2 is 2.12 bits per heavy atom. The number of thioether (sulfide) groups is 1. The first-order chi connectivity index (χ1) is 11.6. The zero-order chi connectivity index (χ0) is 16.8. The summed E-state index contributed by atoms with van der Waals surface area (Å²) >= 11 is 1.82. The van der Waals surface area contributed by atoms with Gasteiger partial charge in [0.1, 0.15) is 5.82 Å². The second-order valence-electron chi connectivity index (χ2n) is 6.69. The SMILES string of the molecule is C=C(C)c1cc(C2C3=C(CCS3)NC3=C2C(=O)CCC3)ccc1F. The Balaban J connectivity index is 1.88. The highest BCUT2D eigenvalue weighted by molar-refractivity contribution is 8.03. The Morgan fingerprint density at radius 3 is 2.92 bits per heavy atom. The van der Waals surface area contributed by atoms with Gasteiger partial charge in [0, 0.05) is 45.5 Å². The Kier molecular flexibility index (Phi) is 3.87. The molecule has 0 radical (unpaired) electrons. The Bertz CT molecular complexity index is 821. The molecule has 124 valence electrons. The molecule has 2 aliphatic heterocycles. The van der Waals surface area contributed by atoms with E-state index in [0.29, 0.717) is 17.6 Å². The van der Waals surface area contributed by atoms with E-state index in [0.717, 1.165) is 41.8 Å². The average molecular weight is 341 g/mol. The lowest BCUT2D eigenvalue weighted by molar-refractivity contribution is -0.116. The Morgan fingerprint density at radius 1 is 1.29 bits per heavy atom. The molecule has 0 amide bonds. The van der Waals surface area contributed by atoms with E-state index in [9.17, 15) is 9.18 Å².